The van der Waals surface area contributed by atoms with Crippen LogP contribution in [0.1, 0.15) is 19.5 Å². The van der Waals surface area contributed by atoms with Gasteiger partial charge in [0.05, 0.1) is 0 Å². The molecule has 0 spiro atoms. The second-order valence-electron chi connectivity index (χ2n) is 5.57. The van der Waals surface area contributed by atoms with Crippen molar-refractivity contribution in [2.75, 3.05) is 24.6 Å². The van der Waals surface area contributed by atoms with E-state index >= 15 is 0 Å². The quantitative estimate of drug-likeness (QED) is 0.840. The lowest BCUT2D eigenvalue weighted by atomic mass is 10.3. The molecular weight excluding hydrogens is 310 g/mol. The Morgan fingerprint density at radius 1 is 1.33 bits per heavy atom. The molecule has 1 aliphatic heterocycles. The SMILES string of the molecule is CC(C)NCc1cc(S(=O)(=O)N2CCS(=O)CC2)cn1C. The van der Waals surface area contributed by atoms with Gasteiger partial charge in [-0.3, -0.25) is 4.21 Å². The van der Waals surface area contributed by atoms with Gasteiger partial charge >= 0.3 is 0 Å². The average molecular weight is 333 g/mol. The molecule has 0 radical (unpaired) electrons. The zero-order valence-electron chi connectivity index (χ0n) is 12.7. The van der Waals surface area contributed by atoms with Gasteiger partial charge in [-0.05, 0) is 6.07 Å². The molecular formula is C13H23N3O3S2. The van der Waals surface area contributed by atoms with E-state index in [1.807, 2.05) is 11.6 Å². The van der Waals surface area contributed by atoms with Crippen LogP contribution in [0.15, 0.2) is 17.2 Å². The number of nitrogens with zero attached hydrogens (tertiary/aromatic N) is 2. The fourth-order valence-corrected chi connectivity index (χ4v) is 5.03. The van der Waals surface area contributed by atoms with E-state index in [4.69, 9.17) is 0 Å². The minimum atomic E-state index is -3.48. The molecule has 1 aromatic heterocycles. The molecule has 0 aliphatic carbocycles. The van der Waals surface area contributed by atoms with Gasteiger partial charge in [-0.15, -0.1) is 0 Å². The summed E-state index contributed by atoms with van der Waals surface area (Å²) in [5.74, 6) is 0.849. The van der Waals surface area contributed by atoms with E-state index in [1.165, 1.54) is 4.31 Å². The van der Waals surface area contributed by atoms with Crippen LogP contribution in [0.5, 0.6) is 0 Å². The molecule has 0 unspecified atom stereocenters. The van der Waals surface area contributed by atoms with Crippen molar-refractivity contribution in [1.82, 2.24) is 14.2 Å². The van der Waals surface area contributed by atoms with E-state index in [0.717, 1.165) is 5.69 Å². The zero-order chi connectivity index (χ0) is 15.6. The summed E-state index contributed by atoms with van der Waals surface area (Å²) in [6.07, 6.45) is 1.65. The van der Waals surface area contributed by atoms with E-state index in [9.17, 15) is 12.6 Å². The summed E-state index contributed by atoms with van der Waals surface area (Å²) in [4.78, 5) is 0.318. The monoisotopic (exact) mass is 333 g/mol. The molecule has 1 aromatic rings. The van der Waals surface area contributed by atoms with Crippen molar-refractivity contribution in [2.45, 2.75) is 31.3 Å². The third-order valence-corrected chi connectivity index (χ3v) is 6.69. The van der Waals surface area contributed by atoms with Crippen molar-refractivity contribution in [1.29, 1.82) is 0 Å². The Hall–Kier alpha value is -0.700. The van der Waals surface area contributed by atoms with Crippen LogP contribution in [0.25, 0.3) is 0 Å². The predicted molar refractivity (Wildman–Crippen MR) is 84.0 cm³/mol. The van der Waals surface area contributed by atoms with Gasteiger partial charge < -0.3 is 9.88 Å². The summed E-state index contributed by atoms with van der Waals surface area (Å²) in [7, 11) is -2.51. The highest BCUT2D eigenvalue weighted by Gasteiger charge is 2.29. The van der Waals surface area contributed by atoms with Crippen LogP contribution in [0, 0.1) is 0 Å². The molecule has 0 atom stereocenters. The predicted octanol–water partition coefficient (Wildman–Crippen LogP) is 0.276. The van der Waals surface area contributed by atoms with Crippen molar-refractivity contribution < 1.29 is 12.6 Å². The van der Waals surface area contributed by atoms with E-state index in [-0.39, 0.29) is 0 Å². The molecule has 1 fully saturated rings. The Morgan fingerprint density at radius 2 is 1.95 bits per heavy atom. The van der Waals surface area contributed by atoms with E-state index < -0.39 is 20.8 Å². The summed E-state index contributed by atoms with van der Waals surface area (Å²) < 4.78 is 39.8. The highest BCUT2D eigenvalue weighted by atomic mass is 32.2. The maximum atomic E-state index is 12.6. The average Bonchev–Trinajstić information content (AvgIpc) is 2.79. The van der Waals surface area contributed by atoms with E-state index in [1.54, 1.807) is 12.3 Å². The van der Waals surface area contributed by atoms with Crippen LogP contribution in [-0.2, 0) is 34.4 Å². The summed E-state index contributed by atoms with van der Waals surface area (Å²) >= 11 is 0. The normalized spacial score (nSPS) is 18.5. The van der Waals surface area contributed by atoms with Gasteiger partial charge in [-0.1, -0.05) is 13.8 Å². The Labute approximate surface area is 129 Å². The van der Waals surface area contributed by atoms with E-state index in [2.05, 4.69) is 19.2 Å². The molecule has 1 N–H and O–H groups in total. The molecule has 120 valence electrons. The first-order valence-electron chi connectivity index (χ1n) is 7.04. The van der Waals surface area contributed by atoms with Gasteiger partial charge in [0.25, 0.3) is 0 Å². The number of hydrogen-bond donors (Lipinski definition) is 1. The second kappa shape index (κ2) is 6.60. The van der Waals surface area contributed by atoms with Crippen LogP contribution >= 0.6 is 0 Å². The third-order valence-electron chi connectivity index (χ3n) is 3.55. The highest BCUT2D eigenvalue weighted by molar-refractivity contribution is 7.89. The summed E-state index contributed by atoms with van der Waals surface area (Å²) in [6, 6.07) is 2.06. The third kappa shape index (κ3) is 3.94. The molecule has 0 amide bonds. The summed E-state index contributed by atoms with van der Waals surface area (Å²) in [6.45, 7) is 5.41. The van der Waals surface area contributed by atoms with Crippen molar-refractivity contribution in [3.8, 4) is 0 Å². The number of sulfonamides is 1. The van der Waals surface area contributed by atoms with Crippen LogP contribution < -0.4 is 5.32 Å². The molecule has 1 saturated heterocycles. The number of hydrogen-bond acceptors (Lipinski definition) is 4. The Balaban J connectivity index is 2.17. The molecule has 2 heterocycles. The Morgan fingerprint density at radius 3 is 2.52 bits per heavy atom. The minimum absolute atomic E-state index is 0.318. The molecule has 0 saturated carbocycles. The van der Waals surface area contributed by atoms with Crippen molar-refractivity contribution >= 4 is 20.8 Å². The van der Waals surface area contributed by atoms with Gasteiger partial charge in [0.1, 0.15) is 4.90 Å². The lowest BCUT2D eigenvalue weighted by molar-refractivity contribution is 0.438. The van der Waals surface area contributed by atoms with Crippen molar-refractivity contribution in [2.24, 2.45) is 7.05 Å². The molecule has 0 aromatic carbocycles. The van der Waals surface area contributed by atoms with Crippen molar-refractivity contribution in [3.63, 3.8) is 0 Å². The lowest BCUT2D eigenvalue weighted by Crippen LogP contribution is -2.41. The highest BCUT2D eigenvalue weighted by Crippen LogP contribution is 2.20. The number of nitrogens with one attached hydrogen (secondary N) is 1. The van der Waals surface area contributed by atoms with Gasteiger partial charge in [0.15, 0.2) is 0 Å². The zero-order valence-corrected chi connectivity index (χ0v) is 14.3. The fourth-order valence-electron chi connectivity index (χ4n) is 2.21. The fraction of sp³-hybridized carbons (Fsp3) is 0.692. The maximum Gasteiger partial charge on any atom is 0.244 e. The number of aryl methyl sites for hydroxylation is 1. The first-order chi connectivity index (χ1) is 9.80. The molecule has 1 aliphatic rings. The van der Waals surface area contributed by atoms with Crippen molar-refractivity contribution in [3.05, 3.63) is 18.0 Å². The van der Waals surface area contributed by atoms with Crippen LogP contribution in [0.4, 0.5) is 0 Å². The molecule has 2 rings (SSSR count). The minimum Gasteiger partial charge on any atom is -0.352 e. The van der Waals surface area contributed by atoms with Crippen LogP contribution in [0.2, 0.25) is 0 Å². The first kappa shape index (κ1) is 16.7. The largest absolute Gasteiger partial charge is 0.352 e. The smallest absolute Gasteiger partial charge is 0.244 e. The Kier molecular flexibility index (Phi) is 5.24. The molecule has 0 bridgehead atoms. The number of aromatic nitrogens is 1. The van der Waals surface area contributed by atoms with E-state index in [0.29, 0.717) is 42.1 Å². The summed E-state index contributed by atoms with van der Waals surface area (Å²) in [5, 5.41) is 3.28. The number of rotatable bonds is 5. The standard InChI is InChI=1S/C13H23N3O3S2/c1-11(2)14-9-12-8-13(10-15(12)3)21(18,19)16-4-6-20(17)7-5-16/h8,10-11,14H,4-7,9H2,1-3H3. The van der Waals surface area contributed by atoms with Gasteiger partial charge in [0.2, 0.25) is 10.0 Å². The topological polar surface area (TPSA) is 71.4 Å². The van der Waals surface area contributed by atoms with Crippen LogP contribution in [0.3, 0.4) is 0 Å². The second-order valence-corrected chi connectivity index (χ2v) is 9.20. The van der Waals surface area contributed by atoms with Gasteiger partial charge in [0, 0.05) is 66.9 Å². The lowest BCUT2D eigenvalue weighted by Gasteiger charge is -2.24. The molecule has 6 nitrogen and oxygen atoms in total. The maximum absolute atomic E-state index is 12.6. The van der Waals surface area contributed by atoms with Crippen LogP contribution in [-0.4, -0.2) is 52.1 Å². The first-order valence-corrected chi connectivity index (χ1v) is 9.97. The molecule has 8 heteroatoms. The molecule has 21 heavy (non-hydrogen) atoms. The summed E-state index contributed by atoms with van der Waals surface area (Å²) in [5.41, 5.74) is 0.933. The van der Waals surface area contributed by atoms with Gasteiger partial charge in [-0.2, -0.15) is 4.31 Å². The Bertz CT molecular complexity index is 613. The van der Waals surface area contributed by atoms with Gasteiger partial charge in [-0.25, -0.2) is 8.42 Å².